The molecule has 0 bridgehead atoms. The summed E-state index contributed by atoms with van der Waals surface area (Å²) in [7, 11) is -3.42. The van der Waals surface area contributed by atoms with E-state index in [1.807, 2.05) is 0 Å². The molecule has 0 atom stereocenters. The van der Waals surface area contributed by atoms with Crippen molar-refractivity contribution in [2.45, 2.75) is 39.3 Å². The van der Waals surface area contributed by atoms with Gasteiger partial charge >= 0.3 is 16.2 Å². The van der Waals surface area contributed by atoms with Gasteiger partial charge < -0.3 is 4.74 Å². The van der Waals surface area contributed by atoms with Crippen LogP contribution in [-0.4, -0.2) is 60.0 Å². The fourth-order valence-electron chi connectivity index (χ4n) is 2.46. The van der Waals surface area contributed by atoms with Crippen LogP contribution in [0.4, 0.5) is 0 Å². The summed E-state index contributed by atoms with van der Waals surface area (Å²) >= 11 is 0. The lowest BCUT2D eigenvalue weighted by atomic mass is 10.4. The molecule has 0 radical (unpaired) electrons. The Balaban J connectivity index is 4.02. The van der Waals surface area contributed by atoms with E-state index in [-0.39, 0.29) is 5.69 Å². The standard InChI is InChI=1S/C14H28N2O4SSi2/c1-15(2)21(18,19)16-10-11(22(4,5)6)13(23(7,8)9)12(16)14(17)20-3/h10H,1-9H3. The van der Waals surface area contributed by atoms with Crippen LogP contribution >= 0.6 is 0 Å². The monoisotopic (exact) mass is 376 g/mol. The Labute approximate surface area is 141 Å². The Morgan fingerprint density at radius 3 is 1.87 bits per heavy atom. The zero-order valence-corrected chi connectivity index (χ0v) is 18.3. The molecule has 0 amide bonds. The van der Waals surface area contributed by atoms with Crippen LogP contribution in [-0.2, 0) is 14.9 Å². The third-order valence-electron chi connectivity index (χ3n) is 3.62. The molecule has 0 fully saturated rings. The molecular weight excluding hydrogens is 348 g/mol. The van der Waals surface area contributed by atoms with Crippen molar-refractivity contribution in [3.05, 3.63) is 11.9 Å². The lowest BCUT2D eigenvalue weighted by molar-refractivity contribution is 0.0594. The molecule has 9 heteroatoms. The second kappa shape index (κ2) is 6.19. The van der Waals surface area contributed by atoms with Gasteiger partial charge in [0.25, 0.3) is 0 Å². The summed E-state index contributed by atoms with van der Waals surface area (Å²) in [6, 6.07) is 0. The molecule has 0 aliphatic heterocycles. The van der Waals surface area contributed by atoms with E-state index in [1.165, 1.54) is 21.2 Å². The number of hydrogen-bond acceptors (Lipinski definition) is 4. The number of ether oxygens (including phenoxy) is 1. The molecule has 1 heterocycles. The van der Waals surface area contributed by atoms with Crippen molar-refractivity contribution < 1.29 is 17.9 Å². The first-order chi connectivity index (χ1) is 10.2. The van der Waals surface area contributed by atoms with Crippen molar-refractivity contribution in [2.75, 3.05) is 21.2 Å². The highest BCUT2D eigenvalue weighted by Gasteiger charge is 2.38. The highest BCUT2D eigenvalue weighted by molar-refractivity contribution is 7.87. The first kappa shape index (κ1) is 20.1. The first-order valence-corrected chi connectivity index (χ1v) is 15.8. The first-order valence-electron chi connectivity index (χ1n) is 7.43. The normalized spacial score (nSPS) is 13.5. The number of nitrogens with zero attached hydrogens (tertiary/aromatic N) is 2. The molecule has 0 saturated carbocycles. The van der Waals surface area contributed by atoms with Crippen LogP contribution in [0.3, 0.4) is 0 Å². The Hall–Kier alpha value is -0.906. The number of methoxy groups -OCH3 is 1. The smallest absolute Gasteiger partial charge is 0.355 e. The second-order valence-corrected chi connectivity index (χ2v) is 19.9. The Kier molecular flexibility index (Phi) is 5.42. The summed E-state index contributed by atoms with van der Waals surface area (Å²) in [5.74, 6) is -0.600. The molecule has 0 unspecified atom stereocenters. The van der Waals surface area contributed by atoms with Gasteiger partial charge in [0.1, 0.15) is 5.69 Å². The molecule has 0 aliphatic rings. The van der Waals surface area contributed by atoms with Gasteiger partial charge in [-0.3, -0.25) is 0 Å². The molecule has 0 aliphatic carbocycles. The van der Waals surface area contributed by atoms with Crippen molar-refractivity contribution in [2.24, 2.45) is 0 Å². The molecular formula is C14H28N2O4SSi2. The van der Waals surface area contributed by atoms with Crippen molar-refractivity contribution >= 4 is 42.7 Å². The van der Waals surface area contributed by atoms with Gasteiger partial charge in [0.05, 0.1) is 23.3 Å². The van der Waals surface area contributed by atoms with Crippen molar-refractivity contribution in [3.8, 4) is 0 Å². The minimum absolute atomic E-state index is 0.165. The highest BCUT2D eigenvalue weighted by Crippen LogP contribution is 2.16. The minimum atomic E-state index is -3.79. The number of aromatic nitrogens is 1. The van der Waals surface area contributed by atoms with Gasteiger partial charge in [0.15, 0.2) is 0 Å². The lowest BCUT2D eigenvalue weighted by Crippen LogP contribution is -2.56. The van der Waals surface area contributed by atoms with Gasteiger partial charge in [-0.25, -0.2) is 8.77 Å². The van der Waals surface area contributed by atoms with E-state index in [1.54, 1.807) is 6.20 Å². The average Bonchev–Trinajstić information content (AvgIpc) is 2.78. The molecule has 0 aromatic carbocycles. The van der Waals surface area contributed by atoms with E-state index in [2.05, 4.69) is 39.3 Å². The summed E-state index contributed by atoms with van der Waals surface area (Å²) in [6.07, 6.45) is 1.64. The fraction of sp³-hybridized carbons (Fsp3) is 0.643. The molecule has 0 N–H and O–H groups in total. The van der Waals surface area contributed by atoms with E-state index in [0.717, 1.165) is 18.7 Å². The molecule has 1 aromatic heterocycles. The number of carbonyl (C=O) groups is 1. The van der Waals surface area contributed by atoms with Crippen LogP contribution in [0.15, 0.2) is 6.20 Å². The van der Waals surface area contributed by atoms with E-state index >= 15 is 0 Å². The summed E-state index contributed by atoms with van der Waals surface area (Å²) in [4.78, 5) is 12.4. The molecule has 0 saturated heterocycles. The maximum atomic E-state index is 12.7. The van der Waals surface area contributed by atoms with Crippen molar-refractivity contribution in [1.29, 1.82) is 0 Å². The molecule has 1 aromatic rings. The number of carbonyl (C=O) groups excluding carboxylic acids is 1. The maximum absolute atomic E-state index is 12.7. The third-order valence-corrected chi connectivity index (χ3v) is 9.58. The van der Waals surface area contributed by atoms with Gasteiger partial charge in [-0.05, 0) is 10.4 Å². The Bertz CT molecular complexity index is 710. The van der Waals surface area contributed by atoms with Crippen LogP contribution in [0.2, 0.25) is 39.3 Å². The van der Waals surface area contributed by atoms with Crippen molar-refractivity contribution in [3.63, 3.8) is 0 Å². The van der Waals surface area contributed by atoms with Crippen LogP contribution in [0, 0.1) is 0 Å². The Morgan fingerprint density at radius 1 is 1.09 bits per heavy atom. The lowest BCUT2D eigenvalue weighted by Gasteiger charge is -2.25. The second-order valence-electron chi connectivity index (χ2n) is 7.84. The van der Waals surface area contributed by atoms with E-state index in [9.17, 15) is 13.2 Å². The van der Waals surface area contributed by atoms with E-state index in [0.29, 0.717) is 0 Å². The van der Waals surface area contributed by atoms with Gasteiger partial charge in [0.2, 0.25) is 0 Å². The number of hydrogen-bond donors (Lipinski definition) is 0. The highest BCUT2D eigenvalue weighted by atomic mass is 32.2. The SMILES string of the molecule is COC(=O)c1c([Si](C)(C)C)c([Si](C)(C)C)cn1S(=O)(=O)N(C)C. The summed E-state index contributed by atoms with van der Waals surface area (Å²) in [5.41, 5.74) is 0.165. The summed E-state index contributed by atoms with van der Waals surface area (Å²) in [5, 5.41) is 1.91. The van der Waals surface area contributed by atoms with Gasteiger partial charge in [-0.2, -0.15) is 12.7 Å². The zero-order valence-electron chi connectivity index (χ0n) is 15.5. The topological polar surface area (TPSA) is 68.6 Å². The van der Waals surface area contributed by atoms with E-state index < -0.39 is 32.3 Å². The van der Waals surface area contributed by atoms with Crippen LogP contribution in [0.5, 0.6) is 0 Å². The average molecular weight is 377 g/mol. The number of rotatable bonds is 5. The third kappa shape index (κ3) is 3.78. The maximum Gasteiger partial charge on any atom is 0.355 e. The molecule has 1 rings (SSSR count). The fourth-order valence-corrected chi connectivity index (χ4v) is 9.06. The predicted octanol–water partition coefficient (Wildman–Crippen LogP) is 1.02. The number of esters is 1. The quantitative estimate of drug-likeness (QED) is 0.568. The van der Waals surface area contributed by atoms with E-state index in [4.69, 9.17) is 4.74 Å². The van der Waals surface area contributed by atoms with Crippen molar-refractivity contribution in [1.82, 2.24) is 8.28 Å². The zero-order chi connectivity index (χ0) is 18.4. The van der Waals surface area contributed by atoms with Gasteiger partial charge in [-0.15, -0.1) is 0 Å². The van der Waals surface area contributed by atoms with Crippen LogP contribution < -0.4 is 10.4 Å². The summed E-state index contributed by atoms with van der Waals surface area (Å²) < 4.78 is 32.5. The molecule has 23 heavy (non-hydrogen) atoms. The summed E-state index contributed by atoms with van der Waals surface area (Å²) in [6.45, 7) is 12.8. The predicted molar refractivity (Wildman–Crippen MR) is 99.7 cm³/mol. The minimum Gasteiger partial charge on any atom is -0.464 e. The largest absolute Gasteiger partial charge is 0.464 e. The molecule has 0 spiro atoms. The van der Waals surface area contributed by atoms with Gasteiger partial charge in [0, 0.05) is 20.3 Å². The molecule has 132 valence electrons. The van der Waals surface area contributed by atoms with Crippen LogP contribution in [0.25, 0.3) is 0 Å². The molecule has 6 nitrogen and oxygen atoms in total. The Morgan fingerprint density at radius 2 is 1.57 bits per heavy atom. The van der Waals surface area contributed by atoms with Crippen LogP contribution in [0.1, 0.15) is 10.5 Å². The van der Waals surface area contributed by atoms with Gasteiger partial charge in [-0.1, -0.05) is 39.3 Å².